The van der Waals surface area contributed by atoms with Crippen LogP contribution in [0.15, 0.2) is 170 Å². The van der Waals surface area contributed by atoms with Gasteiger partial charge in [-0.1, -0.05) is 274 Å². The molecule has 0 bridgehead atoms. The standard InChI is InChI=1S/C75H118O6/c1-4-7-10-13-16-19-22-25-28-31-33-34-35-36-37-38-39-40-42-44-47-50-53-56-59-62-65-68-74(77)80-71-72(70-79-73(76)67-64-61-58-55-52-49-46-43-30-27-24-21-18-15-12-9-6-3)81-75(78)69-66-63-60-57-54-51-48-45-41-32-29-26-23-20-17-14-11-8-5-2/h7-8,10-11,16-21,25-30,33-34,36-37,39-41,45,51,54,60,63,72H,4-6,9,12-15,22-24,31-32,35,38,42-44,46-50,52-53,55-59,61-62,64-71H2,1-3H3/b10-7-,11-8-,19-16-,20-17-,21-18-,28-25-,29-26-,30-27-,34-33-,37-36-,40-39-,45-41-,54-51-,63-60-. The van der Waals surface area contributed by atoms with E-state index in [1.165, 1.54) is 83.5 Å². The summed E-state index contributed by atoms with van der Waals surface area (Å²) in [4.78, 5) is 38.3. The summed E-state index contributed by atoms with van der Waals surface area (Å²) < 4.78 is 16.9. The van der Waals surface area contributed by atoms with E-state index in [0.717, 1.165) is 135 Å². The van der Waals surface area contributed by atoms with Crippen LogP contribution in [0.25, 0.3) is 0 Å². The molecule has 6 nitrogen and oxygen atoms in total. The Morgan fingerprint density at radius 1 is 0.259 bits per heavy atom. The molecule has 0 aliphatic heterocycles. The maximum Gasteiger partial charge on any atom is 0.306 e. The lowest BCUT2D eigenvalue weighted by Crippen LogP contribution is -2.30. The summed E-state index contributed by atoms with van der Waals surface area (Å²) in [6, 6.07) is 0. The molecule has 0 fully saturated rings. The van der Waals surface area contributed by atoms with Gasteiger partial charge in [-0.2, -0.15) is 0 Å². The molecular weight excluding hydrogens is 997 g/mol. The van der Waals surface area contributed by atoms with Gasteiger partial charge in [-0.15, -0.1) is 0 Å². The first-order valence-corrected chi connectivity index (χ1v) is 32.6. The highest BCUT2D eigenvalue weighted by Gasteiger charge is 2.19. The Morgan fingerprint density at radius 3 is 0.802 bits per heavy atom. The third-order valence-electron chi connectivity index (χ3n) is 13.2. The van der Waals surface area contributed by atoms with Crippen molar-refractivity contribution >= 4 is 17.9 Å². The fraction of sp³-hybridized carbons (Fsp3) is 0.587. The lowest BCUT2D eigenvalue weighted by Gasteiger charge is -2.18. The number of carbonyl (C=O) groups excluding carboxylic acids is 3. The molecule has 81 heavy (non-hydrogen) atoms. The highest BCUT2D eigenvalue weighted by atomic mass is 16.6. The summed E-state index contributed by atoms with van der Waals surface area (Å²) in [5, 5.41) is 0. The van der Waals surface area contributed by atoms with Gasteiger partial charge in [0, 0.05) is 19.3 Å². The summed E-state index contributed by atoms with van der Waals surface area (Å²) in [7, 11) is 0. The van der Waals surface area contributed by atoms with E-state index < -0.39 is 12.1 Å². The van der Waals surface area contributed by atoms with Gasteiger partial charge < -0.3 is 14.2 Å². The van der Waals surface area contributed by atoms with E-state index in [1.54, 1.807) is 0 Å². The molecule has 0 radical (unpaired) electrons. The molecule has 6 heteroatoms. The first-order chi connectivity index (χ1) is 40.0. The zero-order valence-electron chi connectivity index (χ0n) is 52.0. The fourth-order valence-corrected chi connectivity index (χ4v) is 8.38. The average Bonchev–Trinajstić information content (AvgIpc) is 3.47. The predicted molar refractivity (Wildman–Crippen MR) is 352 cm³/mol. The van der Waals surface area contributed by atoms with Crippen molar-refractivity contribution < 1.29 is 28.6 Å². The minimum absolute atomic E-state index is 0.122. The second-order valence-electron chi connectivity index (χ2n) is 20.9. The Hall–Kier alpha value is -5.23. The van der Waals surface area contributed by atoms with E-state index in [4.69, 9.17) is 14.2 Å². The van der Waals surface area contributed by atoms with Crippen LogP contribution in [0.2, 0.25) is 0 Å². The van der Waals surface area contributed by atoms with Crippen molar-refractivity contribution in [3.63, 3.8) is 0 Å². The summed E-state index contributed by atoms with van der Waals surface area (Å²) in [6.07, 6.45) is 99.4. The van der Waals surface area contributed by atoms with Crippen LogP contribution in [-0.4, -0.2) is 37.2 Å². The topological polar surface area (TPSA) is 78.9 Å². The molecule has 1 unspecified atom stereocenters. The van der Waals surface area contributed by atoms with Crippen molar-refractivity contribution in [2.24, 2.45) is 0 Å². The quantitative estimate of drug-likeness (QED) is 0.0261. The highest BCUT2D eigenvalue weighted by Crippen LogP contribution is 2.14. The lowest BCUT2D eigenvalue weighted by molar-refractivity contribution is -0.166. The maximum absolute atomic E-state index is 12.9. The molecule has 0 rings (SSSR count). The number of esters is 3. The van der Waals surface area contributed by atoms with Gasteiger partial charge >= 0.3 is 17.9 Å². The van der Waals surface area contributed by atoms with Crippen molar-refractivity contribution in [1.29, 1.82) is 0 Å². The van der Waals surface area contributed by atoms with E-state index in [2.05, 4.69) is 179 Å². The molecule has 0 saturated heterocycles. The van der Waals surface area contributed by atoms with Gasteiger partial charge in [0.2, 0.25) is 0 Å². The van der Waals surface area contributed by atoms with Crippen molar-refractivity contribution in [2.45, 2.75) is 271 Å². The molecule has 0 aliphatic rings. The van der Waals surface area contributed by atoms with Crippen molar-refractivity contribution in [2.75, 3.05) is 13.2 Å². The molecule has 1 atom stereocenters. The highest BCUT2D eigenvalue weighted by molar-refractivity contribution is 5.71. The van der Waals surface area contributed by atoms with E-state index in [0.29, 0.717) is 19.3 Å². The largest absolute Gasteiger partial charge is 0.462 e. The number of allylic oxidation sites excluding steroid dienone is 28. The first kappa shape index (κ1) is 75.8. The number of hydrogen-bond acceptors (Lipinski definition) is 6. The van der Waals surface area contributed by atoms with E-state index in [-0.39, 0.29) is 31.6 Å². The van der Waals surface area contributed by atoms with Crippen LogP contribution < -0.4 is 0 Å². The zero-order valence-corrected chi connectivity index (χ0v) is 52.0. The zero-order chi connectivity index (χ0) is 58.5. The van der Waals surface area contributed by atoms with Gasteiger partial charge in [0.15, 0.2) is 6.10 Å². The average molecular weight is 1120 g/mol. The molecule has 0 heterocycles. The van der Waals surface area contributed by atoms with Crippen LogP contribution >= 0.6 is 0 Å². The van der Waals surface area contributed by atoms with E-state index >= 15 is 0 Å². The number of ether oxygens (including phenoxy) is 3. The Labute approximate surface area is 498 Å². The van der Waals surface area contributed by atoms with Gasteiger partial charge in [-0.25, -0.2) is 0 Å². The number of hydrogen-bond donors (Lipinski definition) is 0. The number of rotatable bonds is 57. The van der Waals surface area contributed by atoms with Crippen LogP contribution in [0.5, 0.6) is 0 Å². The van der Waals surface area contributed by atoms with Gasteiger partial charge in [-0.05, 0) is 141 Å². The Morgan fingerprint density at radius 2 is 0.506 bits per heavy atom. The lowest BCUT2D eigenvalue weighted by atomic mass is 10.1. The summed E-state index contributed by atoms with van der Waals surface area (Å²) >= 11 is 0. The second kappa shape index (κ2) is 67.3. The molecular formula is C75H118O6. The van der Waals surface area contributed by atoms with Gasteiger partial charge in [0.25, 0.3) is 0 Å². The van der Waals surface area contributed by atoms with Crippen LogP contribution in [0, 0.1) is 0 Å². The Kier molecular flexibility index (Phi) is 62.9. The predicted octanol–water partition coefficient (Wildman–Crippen LogP) is 22.7. The second-order valence-corrected chi connectivity index (χ2v) is 20.9. The smallest absolute Gasteiger partial charge is 0.306 e. The van der Waals surface area contributed by atoms with Crippen LogP contribution in [0.4, 0.5) is 0 Å². The molecule has 0 aromatic carbocycles. The Bertz CT molecular complexity index is 1860. The molecule has 0 spiro atoms. The fourth-order valence-electron chi connectivity index (χ4n) is 8.38. The minimum atomic E-state index is -0.836. The molecule has 0 saturated carbocycles. The number of carbonyl (C=O) groups is 3. The Balaban J connectivity index is 4.51. The molecule has 0 aromatic rings. The third-order valence-corrected chi connectivity index (χ3v) is 13.2. The van der Waals surface area contributed by atoms with Crippen molar-refractivity contribution in [3.8, 4) is 0 Å². The minimum Gasteiger partial charge on any atom is -0.462 e. The molecule has 0 N–H and O–H groups in total. The van der Waals surface area contributed by atoms with Crippen molar-refractivity contribution in [3.05, 3.63) is 170 Å². The van der Waals surface area contributed by atoms with Crippen LogP contribution in [-0.2, 0) is 28.6 Å². The van der Waals surface area contributed by atoms with E-state index in [9.17, 15) is 14.4 Å². The molecule has 0 aliphatic carbocycles. The monoisotopic (exact) mass is 1110 g/mol. The molecule has 0 amide bonds. The summed E-state index contributed by atoms with van der Waals surface area (Å²) in [6.45, 7) is 6.31. The SMILES string of the molecule is CC/C=C\C/C=C\C/C=C\C/C=C\C/C=C\C/C=C\CCCCCCCCCCC(=O)OCC(COC(=O)CCCCCCCCC/C=C\C/C=C\CCCCC)OC(=O)CC/C=C\C/C=C\C/C=C\C/C=C\C/C=C\C/C=C\CC. The summed E-state index contributed by atoms with van der Waals surface area (Å²) in [5.74, 6) is -1.03. The van der Waals surface area contributed by atoms with Gasteiger partial charge in [-0.3, -0.25) is 14.4 Å². The summed E-state index contributed by atoms with van der Waals surface area (Å²) in [5.41, 5.74) is 0. The van der Waals surface area contributed by atoms with Crippen molar-refractivity contribution in [1.82, 2.24) is 0 Å². The van der Waals surface area contributed by atoms with E-state index in [1.807, 2.05) is 12.2 Å². The van der Waals surface area contributed by atoms with Gasteiger partial charge in [0.1, 0.15) is 13.2 Å². The number of unbranched alkanes of at least 4 members (excludes halogenated alkanes) is 18. The third kappa shape index (κ3) is 65.5. The maximum atomic E-state index is 12.9. The first-order valence-electron chi connectivity index (χ1n) is 32.6. The molecule has 454 valence electrons. The van der Waals surface area contributed by atoms with Crippen LogP contribution in [0.1, 0.15) is 265 Å². The van der Waals surface area contributed by atoms with Gasteiger partial charge in [0.05, 0.1) is 0 Å². The normalized spacial score (nSPS) is 13.3. The van der Waals surface area contributed by atoms with Crippen LogP contribution in [0.3, 0.4) is 0 Å². The molecule has 0 aromatic heterocycles.